The molecule has 0 bridgehead atoms. The van der Waals surface area contributed by atoms with E-state index in [2.05, 4.69) is 145 Å². The maximum absolute atomic E-state index is 4.02. The largest absolute Gasteiger partial charge is 0.0622 e. The SMILES string of the molecule is CC1(C)c2ccccc2-c2cc3c(Br)c4ccccc4c(-c4cccc(-c5ccccc5)c4)c3cc21. The first kappa shape index (κ1) is 21.6. The Morgan fingerprint density at radius 1 is 0.472 bits per heavy atom. The van der Waals surface area contributed by atoms with Crippen LogP contribution >= 0.6 is 15.9 Å². The molecule has 0 heterocycles. The van der Waals surface area contributed by atoms with Crippen molar-refractivity contribution in [2.75, 3.05) is 0 Å². The Morgan fingerprint density at radius 2 is 1.14 bits per heavy atom. The third-order valence-corrected chi connectivity index (χ3v) is 8.77. The van der Waals surface area contributed by atoms with Crippen LogP contribution in [0.1, 0.15) is 25.0 Å². The fraction of sp³-hybridized carbons (Fsp3) is 0.0857. The summed E-state index contributed by atoms with van der Waals surface area (Å²) in [5, 5.41) is 5.08. The zero-order valence-electron chi connectivity index (χ0n) is 20.3. The molecule has 0 nitrogen and oxygen atoms in total. The molecule has 0 spiro atoms. The third-order valence-electron chi connectivity index (χ3n) is 7.92. The van der Waals surface area contributed by atoms with Crippen LogP contribution in [-0.2, 0) is 5.41 Å². The van der Waals surface area contributed by atoms with Gasteiger partial charge in [0.25, 0.3) is 0 Å². The molecule has 0 N–H and O–H groups in total. The van der Waals surface area contributed by atoms with E-state index in [0.29, 0.717) is 0 Å². The lowest BCUT2D eigenvalue weighted by Crippen LogP contribution is -2.14. The van der Waals surface area contributed by atoms with Gasteiger partial charge in [0.15, 0.2) is 0 Å². The van der Waals surface area contributed by atoms with Crippen LogP contribution < -0.4 is 0 Å². The second-order valence-corrected chi connectivity index (χ2v) is 11.1. The number of fused-ring (bicyclic) bond motifs is 5. The lowest BCUT2D eigenvalue weighted by atomic mass is 9.81. The van der Waals surface area contributed by atoms with Crippen LogP contribution in [-0.4, -0.2) is 0 Å². The van der Waals surface area contributed by atoms with Gasteiger partial charge in [0.1, 0.15) is 0 Å². The molecular weight excluding hydrogens is 500 g/mol. The average molecular weight is 525 g/mol. The topological polar surface area (TPSA) is 0 Å². The van der Waals surface area contributed by atoms with Crippen LogP contribution in [0.3, 0.4) is 0 Å². The zero-order chi connectivity index (χ0) is 24.4. The van der Waals surface area contributed by atoms with Gasteiger partial charge in [-0.2, -0.15) is 0 Å². The quantitative estimate of drug-likeness (QED) is 0.197. The molecule has 0 saturated heterocycles. The van der Waals surface area contributed by atoms with E-state index in [0.717, 1.165) is 0 Å². The van der Waals surface area contributed by atoms with Crippen molar-refractivity contribution in [3.05, 3.63) is 131 Å². The van der Waals surface area contributed by atoms with Gasteiger partial charge in [-0.05, 0) is 100 Å². The van der Waals surface area contributed by atoms with Crippen LogP contribution in [0.25, 0.3) is 54.9 Å². The molecule has 1 aliphatic carbocycles. The number of halogens is 1. The molecule has 7 rings (SSSR count). The summed E-state index contributed by atoms with van der Waals surface area (Å²) in [6.45, 7) is 4.71. The highest BCUT2D eigenvalue weighted by molar-refractivity contribution is 9.10. The molecule has 0 fully saturated rings. The van der Waals surface area contributed by atoms with Gasteiger partial charge in [0, 0.05) is 9.89 Å². The second-order valence-electron chi connectivity index (χ2n) is 10.3. The van der Waals surface area contributed by atoms with E-state index >= 15 is 0 Å². The molecular formula is C35H25Br. The Bertz CT molecular complexity index is 1810. The molecule has 0 aliphatic heterocycles. The predicted molar refractivity (Wildman–Crippen MR) is 158 cm³/mol. The highest BCUT2D eigenvalue weighted by Gasteiger charge is 2.36. The summed E-state index contributed by atoms with van der Waals surface area (Å²) < 4.78 is 1.17. The Labute approximate surface area is 220 Å². The minimum Gasteiger partial charge on any atom is -0.0622 e. The van der Waals surface area contributed by atoms with Crippen molar-refractivity contribution in [2.24, 2.45) is 0 Å². The third kappa shape index (κ3) is 3.06. The van der Waals surface area contributed by atoms with Crippen LogP contribution in [0, 0.1) is 0 Å². The van der Waals surface area contributed by atoms with Crippen molar-refractivity contribution in [3.63, 3.8) is 0 Å². The maximum atomic E-state index is 4.02. The molecule has 0 atom stereocenters. The van der Waals surface area contributed by atoms with Crippen molar-refractivity contribution in [3.8, 4) is 33.4 Å². The number of rotatable bonds is 2. The first-order chi connectivity index (χ1) is 17.5. The molecule has 0 amide bonds. The van der Waals surface area contributed by atoms with Crippen molar-refractivity contribution >= 4 is 37.5 Å². The van der Waals surface area contributed by atoms with Crippen molar-refractivity contribution in [1.82, 2.24) is 0 Å². The van der Waals surface area contributed by atoms with Gasteiger partial charge in [0.2, 0.25) is 0 Å². The van der Waals surface area contributed by atoms with Crippen molar-refractivity contribution in [1.29, 1.82) is 0 Å². The Morgan fingerprint density at radius 3 is 1.97 bits per heavy atom. The fourth-order valence-corrected chi connectivity index (χ4v) is 6.79. The van der Waals surface area contributed by atoms with E-state index in [4.69, 9.17) is 0 Å². The molecule has 172 valence electrons. The summed E-state index contributed by atoms with van der Waals surface area (Å²) >= 11 is 4.02. The van der Waals surface area contributed by atoms with Crippen LogP contribution in [0.15, 0.2) is 120 Å². The number of hydrogen-bond donors (Lipinski definition) is 0. The van der Waals surface area contributed by atoms with E-state index in [1.807, 2.05) is 0 Å². The lowest BCUT2D eigenvalue weighted by molar-refractivity contribution is 0.661. The van der Waals surface area contributed by atoms with Gasteiger partial charge in [0.05, 0.1) is 0 Å². The molecule has 0 saturated carbocycles. The normalized spacial score (nSPS) is 13.6. The van der Waals surface area contributed by atoms with Gasteiger partial charge in [-0.25, -0.2) is 0 Å². The highest BCUT2D eigenvalue weighted by Crippen LogP contribution is 2.52. The van der Waals surface area contributed by atoms with E-state index in [-0.39, 0.29) is 5.41 Å². The first-order valence-electron chi connectivity index (χ1n) is 12.5. The predicted octanol–water partition coefficient (Wildman–Crippen LogP) is 10.4. The summed E-state index contributed by atoms with van der Waals surface area (Å²) in [4.78, 5) is 0. The number of benzene rings is 6. The van der Waals surface area contributed by atoms with E-state index < -0.39 is 0 Å². The summed E-state index contributed by atoms with van der Waals surface area (Å²) in [6, 6.07) is 42.2. The monoisotopic (exact) mass is 524 g/mol. The summed E-state index contributed by atoms with van der Waals surface area (Å²) in [7, 11) is 0. The fourth-order valence-electron chi connectivity index (χ4n) is 6.11. The molecule has 0 unspecified atom stereocenters. The molecule has 1 heteroatoms. The van der Waals surface area contributed by atoms with E-state index in [1.165, 1.54) is 70.5 Å². The molecule has 36 heavy (non-hydrogen) atoms. The Kier molecular flexibility index (Phi) is 4.75. The minimum absolute atomic E-state index is 0.0403. The van der Waals surface area contributed by atoms with Crippen LogP contribution in [0.5, 0.6) is 0 Å². The van der Waals surface area contributed by atoms with Gasteiger partial charge in [-0.1, -0.05) is 111 Å². The summed E-state index contributed by atoms with van der Waals surface area (Å²) in [5.74, 6) is 0. The van der Waals surface area contributed by atoms with E-state index in [9.17, 15) is 0 Å². The van der Waals surface area contributed by atoms with Crippen molar-refractivity contribution in [2.45, 2.75) is 19.3 Å². The van der Waals surface area contributed by atoms with Crippen LogP contribution in [0.2, 0.25) is 0 Å². The second kappa shape index (κ2) is 7.91. The highest BCUT2D eigenvalue weighted by atomic mass is 79.9. The molecule has 6 aromatic carbocycles. The Balaban J connectivity index is 1.59. The molecule has 1 aliphatic rings. The summed E-state index contributed by atoms with van der Waals surface area (Å²) in [5.41, 5.74) is 10.5. The van der Waals surface area contributed by atoms with Gasteiger partial charge < -0.3 is 0 Å². The van der Waals surface area contributed by atoms with Gasteiger partial charge in [-0.15, -0.1) is 0 Å². The van der Waals surface area contributed by atoms with Crippen molar-refractivity contribution < 1.29 is 0 Å². The Hall–Kier alpha value is -3.68. The first-order valence-corrected chi connectivity index (χ1v) is 13.3. The molecule has 6 aromatic rings. The summed E-state index contributed by atoms with van der Waals surface area (Å²) in [6.07, 6.45) is 0. The number of hydrogen-bond acceptors (Lipinski definition) is 0. The maximum Gasteiger partial charge on any atom is 0.0332 e. The minimum atomic E-state index is -0.0403. The van der Waals surface area contributed by atoms with Gasteiger partial charge in [-0.3, -0.25) is 0 Å². The van der Waals surface area contributed by atoms with E-state index in [1.54, 1.807) is 0 Å². The zero-order valence-corrected chi connectivity index (χ0v) is 21.9. The standard InChI is InChI=1S/C35H25Br/c1-35(2)31-18-9-8-15-25(31)28-20-30-29(21-32(28)35)33(26-16-6-7-17-27(26)34(30)36)24-14-10-13-23(19-24)22-11-4-3-5-12-22/h3-21H,1-2H3. The average Bonchev–Trinajstić information content (AvgIpc) is 3.15. The molecule has 0 aromatic heterocycles. The lowest BCUT2D eigenvalue weighted by Gasteiger charge is -2.23. The smallest absolute Gasteiger partial charge is 0.0332 e. The van der Waals surface area contributed by atoms with Gasteiger partial charge >= 0.3 is 0 Å². The molecule has 0 radical (unpaired) electrons. The van der Waals surface area contributed by atoms with Crippen LogP contribution in [0.4, 0.5) is 0 Å².